The van der Waals surface area contributed by atoms with E-state index in [2.05, 4.69) is 39.2 Å². The molecule has 1 saturated heterocycles. The Labute approximate surface area is 106 Å². The minimum absolute atomic E-state index is 0.0369. The first kappa shape index (κ1) is 14.3. The fourth-order valence-electron chi connectivity index (χ4n) is 3.00. The molecule has 17 heavy (non-hydrogen) atoms. The molecular weight excluding hydrogens is 210 g/mol. The summed E-state index contributed by atoms with van der Waals surface area (Å²) in [5.41, 5.74) is 0.642. The van der Waals surface area contributed by atoms with Crippen molar-refractivity contribution in [3.63, 3.8) is 0 Å². The number of nitrogens with zero attached hydrogens (tertiary/aromatic N) is 1. The van der Waals surface area contributed by atoms with Crippen LogP contribution in [-0.4, -0.2) is 22.3 Å². The number of Topliss-reactive ketones (excluding diaryl/α,β-unsaturated/α-hetero) is 1. The average molecular weight is 237 g/mol. The smallest absolute Gasteiger partial charge is 0.166 e. The molecule has 0 aromatic heterocycles. The molecule has 0 aliphatic carbocycles. The van der Waals surface area contributed by atoms with Gasteiger partial charge in [0.1, 0.15) is 0 Å². The number of hydrogen-bond donors (Lipinski definition) is 0. The molecule has 0 aromatic rings. The number of likely N-dealkylation sites (tertiary alicyclic amines) is 1. The standard InChI is InChI=1S/C15H27NO/c1-10(2)8-9-13-12(5)16(11(3)4)15(6,7)14(13)17/h10-11,13H,5,8-9H2,1-4,6-7H3. The van der Waals surface area contributed by atoms with Crippen molar-refractivity contribution in [2.75, 3.05) is 0 Å². The second-order valence-electron chi connectivity index (χ2n) is 6.40. The molecule has 1 aliphatic heterocycles. The van der Waals surface area contributed by atoms with Crippen molar-refractivity contribution >= 4 is 5.78 Å². The predicted molar refractivity (Wildman–Crippen MR) is 72.8 cm³/mol. The fourth-order valence-corrected chi connectivity index (χ4v) is 3.00. The van der Waals surface area contributed by atoms with Crippen molar-refractivity contribution in [1.29, 1.82) is 0 Å². The van der Waals surface area contributed by atoms with Crippen molar-refractivity contribution < 1.29 is 4.79 Å². The van der Waals surface area contributed by atoms with Gasteiger partial charge in [-0.25, -0.2) is 0 Å². The highest BCUT2D eigenvalue weighted by atomic mass is 16.1. The second kappa shape index (κ2) is 4.83. The maximum Gasteiger partial charge on any atom is 0.166 e. The van der Waals surface area contributed by atoms with E-state index < -0.39 is 0 Å². The van der Waals surface area contributed by atoms with Crippen LogP contribution in [0, 0.1) is 11.8 Å². The Morgan fingerprint density at radius 3 is 2.18 bits per heavy atom. The first-order valence-electron chi connectivity index (χ1n) is 6.72. The van der Waals surface area contributed by atoms with Crippen LogP contribution in [0.5, 0.6) is 0 Å². The van der Waals surface area contributed by atoms with Gasteiger partial charge in [-0.1, -0.05) is 20.4 Å². The van der Waals surface area contributed by atoms with Gasteiger partial charge in [0, 0.05) is 11.7 Å². The van der Waals surface area contributed by atoms with Gasteiger partial charge in [0.2, 0.25) is 0 Å². The lowest BCUT2D eigenvalue weighted by molar-refractivity contribution is -0.126. The molecule has 0 N–H and O–H groups in total. The van der Waals surface area contributed by atoms with Gasteiger partial charge in [0.05, 0.1) is 11.5 Å². The highest BCUT2D eigenvalue weighted by Gasteiger charge is 2.49. The normalized spacial score (nSPS) is 24.2. The Balaban J connectivity index is 2.89. The van der Waals surface area contributed by atoms with Crippen molar-refractivity contribution in [3.05, 3.63) is 12.3 Å². The number of carbonyl (C=O) groups excluding carboxylic acids is 1. The molecule has 0 bridgehead atoms. The third-order valence-electron chi connectivity index (χ3n) is 3.78. The topological polar surface area (TPSA) is 20.3 Å². The molecule has 1 fully saturated rings. The molecule has 0 aromatic carbocycles. The SMILES string of the molecule is C=C1C(CCC(C)C)C(=O)C(C)(C)N1C(C)C. The van der Waals surface area contributed by atoms with E-state index in [1.807, 2.05) is 13.8 Å². The molecule has 1 unspecified atom stereocenters. The van der Waals surface area contributed by atoms with Crippen molar-refractivity contribution in [2.24, 2.45) is 11.8 Å². The molecule has 1 aliphatic rings. The van der Waals surface area contributed by atoms with Crippen LogP contribution in [0.2, 0.25) is 0 Å². The summed E-state index contributed by atoms with van der Waals surface area (Å²) >= 11 is 0. The minimum Gasteiger partial charge on any atom is -0.360 e. The van der Waals surface area contributed by atoms with Gasteiger partial charge < -0.3 is 4.90 Å². The highest BCUT2D eigenvalue weighted by molar-refractivity contribution is 5.95. The van der Waals surface area contributed by atoms with E-state index in [-0.39, 0.29) is 11.5 Å². The van der Waals surface area contributed by atoms with Crippen LogP contribution < -0.4 is 0 Å². The fraction of sp³-hybridized carbons (Fsp3) is 0.800. The lowest BCUT2D eigenvalue weighted by Gasteiger charge is -2.36. The molecule has 2 heteroatoms. The Hall–Kier alpha value is -0.790. The van der Waals surface area contributed by atoms with Gasteiger partial charge in [-0.15, -0.1) is 0 Å². The Morgan fingerprint density at radius 1 is 1.29 bits per heavy atom. The maximum absolute atomic E-state index is 12.5. The Bertz CT molecular complexity index is 315. The lowest BCUT2D eigenvalue weighted by Crippen LogP contribution is -2.45. The van der Waals surface area contributed by atoms with Crippen LogP contribution in [0.4, 0.5) is 0 Å². The Kier molecular flexibility index (Phi) is 4.06. The maximum atomic E-state index is 12.5. The van der Waals surface area contributed by atoms with Crippen molar-refractivity contribution in [1.82, 2.24) is 4.90 Å². The van der Waals surface area contributed by atoms with Gasteiger partial charge in [-0.2, -0.15) is 0 Å². The summed E-state index contributed by atoms with van der Waals surface area (Å²) in [6, 6.07) is 0.338. The molecule has 1 heterocycles. The number of ketones is 1. The monoisotopic (exact) mass is 237 g/mol. The van der Waals surface area contributed by atoms with E-state index in [0.29, 0.717) is 17.7 Å². The van der Waals surface area contributed by atoms with E-state index in [1.54, 1.807) is 0 Å². The zero-order chi connectivity index (χ0) is 13.4. The van der Waals surface area contributed by atoms with Crippen LogP contribution in [0.25, 0.3) is 0 Å². The number of hydrogen-bond acceptors (Lipinski definition) is 2. The van der Waals surface area contributed by atoms with E-state index in [0.717, 1.165) is 18.5 Å². The summed E-state index contributed by atoms with van der Waals surface area (Å²) in [5, 5.41) is 0. The van der Waals surface area contributed by atoms with Crippen LogP contribution in [0.15, 0.2) is 12.3 Å². The van der Waals surface area contributed by atoms with Crippen molar-refractivity contribution in [2.45, 2.75) is 66.0 Å². The van der Waals surface area contributed by atoms with E-state index in [4.69, 9.17) is 0 Å². The van der Waals surface area contributed by atoms with Gasteiger partial charge >= 0.3 is 0 Å². The second-order valence-corrected chi connectivity index (χ2v) is 6.40. The van der Waals surface area contributed by atoms with Crippen LogP contribution in [-0.2, 0) is 4.79 Å². The van der Waals surface area contributed by atoms with Gasteiger partial charge in [-0.05, 0) is 46.5 Å². The zero-order valence-electron chi connectivity index (χ0n) is 12.2. The van der Waals surface area contributed by atoms with Gasteiger partial charge in [0.25, 0.3) is 0 Å². The summed E-state index contributed by atoms with van der Waals surface area (Å²) in [6.07, 6.45) is 2.04. The molecule has 0 amide bonds. The molecule has 0 radical (unpaired) electrons. The summed E-state index contributed by atoms with van der Waals surface area (Å²) in [7, 11) is 0. The Morgan fingerprint density at radius 2 is 1.82 bits per heavy atom. The van der Waals surface area contributed by atoms with E-state index in [9.17, 15) is 4.79 Å². The average Bonchev–Trinajstić information content (AvgIpc) is 2.31. The third-order valence-corrected chi connectivity index (χ3v) is 3.78. The largest absolute Gasteiger partial charge is 0.360 e. The molecule has 1 atom stereocenters. The minimum atomic E-state index is -0.382. The quantitative estimate of drug-likeness (QED) is 0.744. The summed E-state index contributed by atoms with van der Waals surface area (Å²) in [5.74, 6) is 1.03. The number of allylic oxidation sites excluding steroid dienone is 1. The van der Waals surface area contributed by atoms with Gasteiger partial charge in [-0.3, -0.25) is 4.79 Å². The lowest BCUT2D eigenvalue weighted by atomic mass is 9.89. The molecule has 2 nitrogen and oxygen atoms in total. The molecule has 1 rings (SSSR count). The predicted octanol–water partition coefficient (Wildman–Crippen LogP) is 3.62. The summed E-state index contributed by atoms with van der Waals surface area (Å²) in [6.45, 7) is 16.9. The molecule has 0 spiro atoms. The number of carbonyl (C=O) groups is 1. The van der Waals surface area contributed by atoms with E-state index in [1.165, 1.54) is 0 Å². The summed E-state index contributed by atoms with van der Waals surface area (Å²) < 4.78 is 0. The van der Waals surface area contributed by atoms with E-state index >= 15 is 0 Å². The first-order chi connectivity index (χ1) is 7.69. The molecular formula is C15H27NO. The highest BCUT2D eigenvalue weighted by Crippen LogP contribution is 2.40. The van der Waals surface area contributed by atoms with Gasteiger partial charge in [0.15, 0.2) is 5.78 Å². The molecule has 98 valence electrons. The summed E-state index contributed by atoms with van der Waals surface area (Å²) in [4.78, 5) is 14.7. The first-order valence-corrected chi connectivity index (χ1v) is 6.72. The third kappa shape index (κ3) is 2.56. The van der Waals surface area contributed by atoms with Crippen LogP contribution >= 0.6 is 0 Å². The van der Waals surface area contributed by atoms with Crippen molar-refractivity contribution in [3.8, 4) is 0 Å². The van der Waals surface area contributed by atoms with Crippen LogP contribution in [0.1, 0.15) is 54.4 Å². The molecule has 0 saturated carbocycles. The van der Waals surface area contributed by atoms with Crippen LogP contribution in [0.3, 0.4) is 0 Å². The zero-order valence-corrected chi connectivity index (χ0v) is 12.2. The number of rotatable bonds is 4.